The number of carbonyl (C=O) groups excluding carboxylic acids is 3. The Bertz CT molecular complexity index is 1850. The van der Waals surface area contributed by atoms with Gasteiger partial charge in [-0.05, 0) is 61.9 Å². The summed E-state index contributed by atoms with van der Waals surface area (Å²) in [6.45, 7) is 13.4. The molecule has 3 aliphatic heterocycles. The van der Waals surface area contributed by atoms with Crippen molar-refractivity contribution in [1.82, 2.24) is 25.4 Å². The molecule has 14 nitrogen and oxygen atoms in total. The molecular weight excluding hydrogens is 773 g/mol. The summed E-state index contributed by atoms with van der Waals surface area (Å²) in [4.78, 5) is 46.8. The van der Waals surface area contributed by atoms with E-state index in [4.69, 9.17) is 18.9 Å². The van der Waals surface area contributed by atoms with E-state index in [2.05, 4.69) is 52.7 Å². The minimum Gasteiger partial charge on any atom is -0.506 e. The molecule has 0 aliphatic carbocycles. The molecule has 2 aromatic carbocycles. The molecule has 2 saturated heterocycles. The number of aromatic nitrogens is 1. The van der Waals surface area contributed by atoms with Crippen molar-refractivity contribution in [1.29, 1.82) is 0 Å². The largest absolute Gasteiger partial charge is 0.506 e. The summed E-state index contributed by atoms with van der Waals surface area (Å²) < 4.78 is 24.5. The number of nitrogens with zero attached hydrogens (tertiary/aromatic N) is 3. The summed E-state index contributed by atoms with van der Waals surface area (Å²) >= 11 is 1.56. The molecule has 15 heteroatoms. The lowest BCUT2D eigenvalue weighted by molar-refractivity contribution is -0.127. The van der Waals surface area contributed by atoms with Gasteiger partial charge in [0.05, 0.1) is 42.9 Å². The number of hydrogen-bond acceptors (Lipinski definition) is 12. The standard InChI is InChI=1S/C44H62N6O8S/c1-4-5-9-34(27-38(52)46-19-18-45-17-13-33-11-12-36(51)40-41(33)57-28-39(53)48-40)55-24-14-32-8-6-7-10-37(32)56-25-22-49-20-15-44(16-21-49)30-50(23-26-58-44)43(54)35-29-59-42(47-35)31(2)3/h6-8,10-12,29,31,34,45,51H,4-5,9,13-28,30H2,1-3H3,(H,46,52)(H,48,53). The second-order valence-corrected chi connectivity index (χ2v) is 16.9. The van der Waals surface area contributed by atoms with Crippen molar-refractivity contribution >= 4 is 34.7 Å². The van der Waals surface area contributed by atoms with Crippen molar-refractivity contribution < 1.29 is 38.4 Å². The summed E-state index contributed by atoms with van der Waals surface area (Å²) in [5, 5.41) is 22.0. The average molecular weight is 835 g/mol. The van der Waals surface area contributed by atoms with Crippen LogP contribution in [0.4, 0.5) is 5.69 Å². The van der Waals surface area contributed by atoms with Crippen LogP contribution >= 0.6 is 11.3 Å². The highest BCUT2D eigenvalue weighted by Gasteiger charge is 2.41. The number of nitrogens with one attached hydrogen (secondary N) is 3. The van der Waals surface area contributed by atoms with Crippen molar-refractivity contribution in [2.75, 3.05) is 84.1 Å². The van der Waals surface area contributed by atoms with Crippen LogP contribution in [-0.4, -0.2) is 128 Å². The van der Waals surface area contributed by atoms with Gasteiger partial charge in [0, 0.05) is 50.6 Å². The molecule has 3 aromatic rings. The highest BCUT2D eigenvalue weighted by atomic mass is 32.1. The quantitative estimate of drug-likeness (QED) is 0.0830. The van der Waals surface area contributed by atoms with Crippen molar-refractivity contribution in [3.63, 3.8) is 0 Å². The number of phenols is 1. The first-order chi connectivity index (χ1) is 28.6. The summed E-state index contributed by atoms with van der Waals surface area (Å²) in [7, 11) is 0. The number of benzene rings is 2. The molecule has 0 saturated carbocycles. The van der Waals surface area contributed by atoms with Crippen molar-refractivity contribution in [3.05, 3.63) is 63.6 Å². The summed E-state index contributed by atoms with van der Waals surface area (Å²) in [5.41, 5.74) is 2.52. The number of rotatable bonds is 21. The first-order valence-corrected chi connectivity index (χ1v) is 22.2. The van der Waals surface area contributed by atoms with Gasteiger partial charge in [0.2, 0.25) is 5.91 Å². The number of fused-ring (bicyclic) bond motifs is 1. The molecule has 1 unspecified atom stereocenters. The highest BCUT2D eigenvalue weighted by molar-refractivity contribution is 7.09. The van der Waals surface area contributed by atoms with Gasteiger partial charge in [0.25, 0.3) is 11.8 Å². The van der Waals surface area contributed by atoms with E-state index in [-0.39, 0.29) is 41.8 Å². The van der Waals surface area contributed by atoms with Gasteiger partial charge in [-0.2, -0.15) is 0 Å². The second-order valence-electron chi connectivity index (χ2n) is 16.0. The van der Waals surface area contributed by atoms with Crippen LogP contribution in [0.2, 0.25) is 0 Å². The molecule has 2 fully saturated rings. The third kappa shape index (κ3) is 12.6. The van der Waals surface area contributed by atoms with Crippen LogP contribution in [0.5, 0.6) is 17.2 Å². The zero-order valence-corrected chi connectivity index (χ0v) is 35.7. The lowest BCUT2D eigenvalue weighted by atomic mass is 9.89. The number of thiazole rings is 1. The summed E-state index contributed by atoms with van der Waals surface area (Å²) in [6.07, 6.45) is 6.05. The molecule has 6 rings (SSSR count). The molecule has 4 N–H and O–H groups in total. The number of para-hydroxylation sites is 1. The van der Waals surface area contributed by atoms with Gasteiger partial charge in [-0.15, -0.1) is 11.3 Å². The Balaban J connectivity index is 0.870. The maximum absolute atomic E-state index is 13.3. The van der Waals surface area contributed by atoms with Crippen LogP contribution in [-0.2, 0) is 31.9 Å². The number of unbranched alkanes of at least 4 members (excludes halogenated alkanes) is 1. The molecule has 3 aliphatic rings. The Labute approximate surface area is 352 Å². The summed E-state index contributed by atoms with van der Waals surface area (Å²) in [5.74, 6) is 1.33. The third-order valence-electron chi connectivity index (χ3n) is 11.2. The van der Waals surface area contributed by atoms with Crippen LogP contribution in [0, 0.1) is 0 Å². The predicted octanol–water partition coefficient (Wildman–Crippen LogP) is 5.15. The Morgan fingerprint density at radius 1 is 1.05 bits per heavy atom. The highest BCUT2D eigenvalue weighted by Crippen LogP contribution is 2.39. The number of aromatic hydroxyl groups is 1. The van der Waals surface area contributed by atoms with Crippen LogP contribution in [0.25, 0.3) is 0 Å². The molecule has 3 amide bonds. The van der Waals surface area contributed by atoms with Crippen LogP contribution in [0.1, 0.15) is 91.8 Å². The number of amides is 3. The van der Waals surface area contributed by atoms with Crippen LogP contribution in [0.3, 0.4) is 0 Å². The van der Waals surface area contributed by atoms with Gasteiger partial charge >= 0.3 is 0 Å². The molecule has 59 heavy (non-hydrogen) atoms. The van der Waals surface area contributed by atoms with E-state index in [1.54, 1.807) is 23.5 Å². The predicted molar refractivity (Wildman–Crippen MR) is 228 cm³/mol. The lowest BCUT2D eigenvalue weighted by Gasteiger charge is -2.47. The molecule has 0 bridgehead atoms. The monoisotopic (exact) mass is 834 g/mol. The lowest BCUT2D eigenvalue weighted by Crippen LogP contribution is -2.58. The van der Waals surface area contributed by atoms with E-state index in [0.717, 1.165) is 73.6 Å². The number of morpholine rings is 1. The normalized spacial score (nSPS) is 17.0. The number of carbonyl (C=O) groups is 3. The number of piperidine rings is 1. The van der Waals surface area contributed by atoms with Gasteiger partial charge in [-0.1, -0.05) is 57.9 Å². The van der Waals surface area contributed by atoms with Crippen LogP contribution < -0.4 is 25.4 Å². The topological polar surface area (TPSA) is 164 Å². The minimum atomic E-state index is -0.308. The molecule has 1 aromatic heterocycles. The number of likely N-dealkylation sites (tertiary alicyclic amines) is 1. The van der Waals surface area contributed by atoms with Crippen molar-refractivity contribution in [2.24, 2.45) is 0 Å². The molecule has 4 heterocycles. The Kier molecular flexibility index (Phi) is 16.4. The maximum Gasteiger partial charge on any atom is 0.273 e. The molecule has 0 radical (unpaired) electrons. The van der Waals surface area contributed by atoms with Crippen LogP contribution in [0.15, 0.2) is 41.8 Å². The fourth-order valence-corrected chi connectivity index (χ4v) is 8.60. The van der Waals surface area contributed by atoms with E-state index >= 15 is 0 Å². The number of anilines is 1. The van der Waals surface area contributed by atoms with E-state index in [1.807, 2.05) is 28.5 Å². The van der Waals surface area contributed by atoms with E-state index in [9.17, 15) is 19.5 Å². The molecule has 322 valence electrons. The Morgan fingerprint density at radius 2 is 1.88 bits per heavy atom. The smallest absolute Gasteiger partial charge is 0.273 e. The van der Waals surface area contributed by atoms with Crippen molar-refractivity contribution in [3.8, 4) is 17.2 Å². The minimum absolute atomic E-state index is 0.00702. The molecule has 1 atom stereocenters. The van der Waals surface area contributed by atoms with Gasteiger partial charge in [0.15, 0.2) is 12.4 Å². The SMILES string of the molecule is CCCCC(CC(=O)NCCNCCc1ccc(O)c2c1OCC(=O)N2)OCCc1ccccc1OCCN1CCC2(CC1)CN(C(=O)c1csc(C(C)C)n1)CCO2. The van der Waals surface area contributed by atoms with Crippen molar-refractivity contribution in [2.45, 2.75) is 89.8 Å². The van der Waals surface area contributed by atoms with E-state index < -0.39 is 0 Å². The zero-order valence-electron chi connectivity index (χ0n) is 34.9. The summed E-state index contributed by atoms with van der Waals surface area (Å²) in [6, 6.07) is 11.4. The molecular formula is C44H62N6O8S. The van der Waals surface area contributed by atoms with Gasteiger partial charge in [-0.25, -0.2) is 4.98 Å². The fourth-order valence-electron chi connectivity index (χ4n) is 7.79. The number of phenolic OH excluding ortho intramolecular Hbond substituents is 1. The fraction of sp³-hybridized carbons (Fsp3) is 0.591. The molecule has 1 spiro atoms. The number of ether oxygens (including phenoxy) is 4. The maximum atomic E-state index is 13.3. The third-order valence-corrected chi connectivity index (χ3v) is 12.4. The number of hydrogen-bond donors (Lipinski definition) is 4. The Hall–Kier alpha value is -4.28. The van der Waals surface area contributed by atoms with Gasteiger partial charge < -0.3 is 44.9 Å². The zero-order chi connectivity index (χ0) is 41.6. The average Bonchev–Trinajstić information content (AvgIpc) is 3.74. The second kappa shape index (κ2) is 21.8. The van der Waals surface area contributed by atoms with E-state index in [1.165, 1.54) is 0 Å². The first-order valence-electron chi connectivity index (χ1n) is 21.3. The van der Waals surface area contributed by atoms with E-state index in [0.29, 0.717) is 94.9 Å². The Morgan fingerprint density at radius 3 is 2.68 bits per heavy atom. The first kappa shape index (κ1) is 44.3. The van der Waals surface area contributed by atoms with Gasteiger partial charge in [-0.3, -0.25) is 19.3 Å². The van der Waals surface area contributed by atoms with Gasteiger partial charge in [0.1, 0.15) is 29.5 Å².